The van der Waals surface area contributed by atoms with E-state index in [0.29, 0.717) is 22.7 Å². The molecule has 0 atom stereocenters. The summed E-state index contributed by atoms with van der Waals surface area (Å²) in [6.45, 7) is 3.14. The van der Waals surface area contributed by atoms with Gasteiger partial charge in [0.05, 0.1) is 32.6 Å². The van der Waals surface area contributed by atoms with Crippen molar-refractivity contribution in [3.8, 4) is 11.5 Å². The maximum Gasteiger partial charge on any atom is 0.340 e. The third-order valence-electron chi connectivity index (χ3n) is 5.00. The van der Waals surface area contributed by atoms with Gasteiger partial charge in [0.25, 0.3) is 5.91 Å². The summed E-state index contributed by atoms with van der Waals surface area (Å²) in [5, 5.41) is 2.77. The lowest BCUT2D eigenvalue weighted by atomic mass is 10.1. The normalized spacial score (nSPS) is 13.8. The van der Waals surface area contributed by atoms with Crippen LogP contribution in [-0.2, 0) is 11.3 Å². The van der Waals surface area contributed by atoms with Crippen molar-refractivity contribution < 1.29 is 23.8 Å². The molecule has 3 rings (SSSR count). The molecule has 0 saturated carbocycles. The number of hydrogen-bond donors (Lipinski definition) is 1. The van der Waals surface area contributed by atoms with Crippen LogP contribution in [-0.4, -0.2) is 51.2 Å². The van der Waals surface area contributed by atoms with Gasteiger partial charge in [0, 0.05) is 24.2 Å². The number of benzene rings is 2. The van der Waals surface area contributed by atoms with Gasteiger partial charge in [-0.2, -0.15) is 0 Å². The molecule has 154 valence electrons. The van der Waals surface area contributed by atoms with Gasteiger partial charge < -0.3 is 19.5 Å². The van der Waals surface area contributed by atoms with Crippen LogP contribution in [0.15, 0.2) is 36.4 Å². The highest BCUT2D eigenvalue weighted by Crippen LogP contribution is 2.34. The Balaban J connectivity index is 1.79. The topological polar surface area (TPSA) is 77.1 Å². The summed E-state index contributed by atoms with van der Waals surface area (Å²) in [4.78, 5) is 27.3. The first-order valence-corrected chi connectivity index (χ1v) is 9.52. The van der Waals surface area contributed by atoms with Gasteiger partial charge in [-0.15, -0.1) is 0 Å². The van der Waals surface area contributed by atoms with Crippen LogP contribution >= 0.6 is 0 Å². The van der Waals surface area contributed by atoms with Crippen LogP contribution in [0.1, 0.15) is 39.1 Å². The highest BCUT2D eigenvalue weighted by molar-refractivity contribution is 6.08. The summed E-state index contributed by atoms with van der Waals surface area (Å²) in [6.07, 6.45) is 2.49. The first-order chi connectivity index (χ1) is 14.0. The Morgan fingerprint density at radius 1 is 0.966 bits per heavy atom. The molecule has 1 amide bonds. The number of likely N-dealkylation sites (tertiary alicyclic amines) is 1. The molecule has 1 aliphatic rings. The fraction of sp³-hybridized carbons (Fsp3) is 0.364. The number of ether oxygens (including phenoxy) is 3. The van der Waals surface area contributed by atoms with Crippen LogP contribution < -0.4 is 14.8 Å². The number of hydrogen-bond acceptors (Lipinski definition) is 6. The lowest BCUT2D eigenvalue weighted by Gasteiger charge is -2.16. The van der Waals surface area contributed by atoms with E-state index in [2.05, 4.69) is 10.2 Å². The Hall–Kier alpha value is -3.06. The fourth-order valence-corrected chi connectivity index (χ4v) is 3.42. The number of anilines is 1. The molecular weight excluding hydrogens is 372 g/mol. The lowest BCUT2D eigenvalue weighted by molar-refractivity contribution is 0.0601. The number of nitrogens with zero attached hydrogens (tertiary/aromatic N) is 1. The Morgan fingerprint density at radius 2 is 1.59 bits per heavy atom. The number of carbonyl (C=O) groups excluding carboxylic acids is 2. The molecule has 0 spiro atoms. The van der Waals surface area contributed by atoms with Crippen molar-refractivity contribution in [2.24, 2.45) is 0 Å². The zero-order chi connectivity index (χ0) is 20.8. The van der Waals surface area contributed by atoms with Crippen molar-refractivity contribution in [3.63, 3.8) is 0 Å². The van der Waals surface area contributed by atoms with Gasteiger partial charge in [0.15, 0.2) is 11.5 Å². The lowest BCUT2D eigenvalue weighted by Crippen LogP contribution is -2.19. The molecule has 1 fully saturated rings. The van der Waals surface area contributed by atoms with E-state index in [0.717, 1.165) is 19.6 Å². The summed E-state index contributed by atoms with van der Waals surface area (Å²) in [6, 6.07) is 10.5. The van der Waals surface area contributed by atoms with E-state index in [4.69, 9.17) is 14.2 Å². The summed E-state index contributed by atoms with van der Waals surface area (Å²) in [5.41, 5.74) is 2.15. The molecule has 0 bridgehead atoms. The molecule has 7 heteroatoms. The quantitative estimate of drug-likeness (QED) is 0.721. The second-order valence-electron chi connectivity index (χ2n) is 6.88. The molecule has 0 unspecified atom stereocenters. The summed E-state index contributed by atoms with van der Waals surface area (Å²) in [7, 11) is 4.24. The summed E-state index contributed by atoms with van der Waals surface area (Å²) < 4.78 is 15.3. The average Bonchev–Trinajstić information content (AvgIpc) is 3.26. The summed E-state index contributed by atoms with van der Waals surface area (Å²) in [5.74, 6) is -0.133. The molecule has 2 aromatic rings. The molecular formula is C22H26N2O5. The van der Waals surface area contributed by atoms with Crippen molar-refractivity contribution in [2.75, 3.05) is 39.7 Å². The molecule has 29 heavy (non-hydrogen) atoms. The van der Waals surface area contributed by atoms with E-state index in [1.807, 2.05) is 12.1 Å². The SMILES string of the molecule is COC(=O)c1cc(OC)c(OC)cc1NC(=O)c1ccc(CN2CCCC2)cc1. The number of esters is 1. The number of methoxy groups -OCH3 is 3. The van der Waals surface area contributed by atoms with Gasteiger partial charge in [-0.05, 0) is 43.6 Å². The monoisotopic (exact) mass is 398 g/mol. The average molecular weight is 398 g/mol. The predicted molar refractivity (Wildman–Crippen MR) is 110 cm³/mol. The molecule has 0 aliphatic carbocycles. The van der Waals surface area contributed by atoms with Crippen molar-refractivity contribution in [3.05, 3.63) is 53.1 Å². The highest BCUT2D eigenvalue weighted by Gasteiger charge is 2.20. The number of nitrogens with one attached hydrogen (secondary N) is 1. The minimum absolute atomic E-state index is 0.184. The third kappa shape index (κ3) is 4.86. The molecule has 0 aromatic heterocycles. The molecule has 0 radical (unpaired) electrons. The van der Waals surface area contributed by atoms with Crippen molar-refractivity contribution >= 4 is 17.6 Å². The zero-order valence-electron chi connectivity index (χ0n) is 17.0. The van der Waals surface area contributed by atoms with Crippen LogP contribution in [0.4, 0.5) is 5.69 Å². The van der Waals surface area contributed by atoms with Gasteiger partial charge in [-0.1, -0.05) is 12.1 Å². The van der Waals surface area contributed by atoms with Crippen LogP contribution in [0, 0.1) is 0 Å². The largest absolute Gasteiger partial charge is 0.493 e. The first-order valence-electron chi connectivity index (χ1n) is 9.52. The van der Waals surface area contributed by atoms with E-state index in [1.165, 1.54) is 45.8 Å². The predicted octanol–water partition coefficient (Wildman–Crippen LogP) is 3.34. The number of rotatable bonds is 7. The van der Waals surface area contributed by atoms with Gasteiger partial charge >= 0.3 is 5.97 Å². The Labute approximate surface area is 170 Å². The minimum Gasteiger partial charge on any atom is -0.493 e. The Bertz CT molecular complexity index is 874. The maximum absolute atomic E-state index is 12.7. The van der Waals surface area contributed by atoms with Crippen LogP contribution in [0.3, 0.4) is 0 Å². The number of amides is 1. The maximum atomic E-state index is 12.7. The van der Waals surface area contributed by atoms with E-state index in [-0.39, 0.29) is 11.5 Å². The van der Waals surface area contributed by atoms with E-state index >= 15 is 0 Å². The van der Waals surface area contributed by atoms with Crippen molar-refractivity contribution in [1.29, 1.82) is 0 Å². The first kappa shape index (κ1) is 20.7. The third-order valence-corrected chi connectivity index (χ3v) is 5.00. The molecule has 1 aliphatic heterocycles. The Kier molecular flexibility index (Phi) is 6.72. The van der Waals surface area contributed by atoms with Crippen molar-refractivity contribution in [1.82, 2.24) is 4.90 Å². The fourth-order valence-electron chi connectivity index (χ4n) is 3.42. The summed E-state index contributed by atoms with van der Waals surface area (Å²) >= 11 is 0. The van der Waals surface area contributed by atoms with Crippen LogP contribution in [0.25, 0.3) is 0 Å². The highest BCUT2D eigenvalue weighted by atomic mass is 16.5. The van der Waals surface area contributed by atoms with E-state index in [9.17, 15) is 9.59 Å². The van der Waals surface area contributed by atoms with Gasteiger partial charge in [-0.3, -0.25) is 9.69 Å². The smallest absolute Gasteiger partial charge is 0.340 e. The van der Waals surface area contributed by atoms with E-state index < -0.39 is 5.97 Å². The molecule has 2 aromatic carbocycles. The van der Waals surface area contributed by atoms with Crippen LogP contribution in [0.5, 0.6) is 11.5 Å². The molecule has 1 heterocycles. The zero-order valence-corrected chi connectivity index (χ0v) is 17.0. The van der Waals surface area contributed by atoms with Gasteiger partial charge in [0.2, 0.25) is 0 Å². The minimum atomic E-state index is -0.581. The number of carbonyl (C=O) groups is 2. The van der Waals surface area contributed by atoms with Crippen molar-refractivity contribution in [2.45, 2.75) is 19.4 Å². The Morgan fingerprint density at radius 3 is 2.17 bits per heavy atom. The molecule has 7 nitrogen and oxygen atoms in total. The molecule has 1 saturated heterocycles. The standard InChI is InChI=1S/C22H26N2O5/c1-27-19-12-17(22(26)29-3)18(13-20(19)28-2)23-21(25)16-8-6-15(7-9-16)14-24-10-4-5-11-24/h6-9,12-13H,4-5,10-11,14H2,1-3H3,(H,23,25). The second-order valence-corrected chi connectivity index (χ2v) is 6.88. The second kappa shape index (κ2) is 9.43. The van der Waals surface area contributed by atoms with Gasteiger partial charge in [-0.25, -0.2) is 4.79 Å². The molecule has 1 N–H and O–H groups in total. The van der Waals surface area contributed by atoms with Crippen LogP contribution in [0.2, 0.25) is 0 Å². The van der Waals surface area contributed by atoms with Gasteiger partial charge in [0.1, 0.15) is 0 Å². The van der Waals surface area contributed by atoms with E-state index in [1.54, 1.807) is 18.2 Å².